The van der Waals surface area contributed by atoms with Crippen molar-refractivity contribution in [2.45, 2.75) is 12.5 Å². The van der Waals surface area contributed by atoms with Gasteiger partial charge in [0.2, 0.25) is 0 Å². The summed E-state index contributed by atoms with van der Waals surface area (Å²) in [5, 5.41) is 8.27. The maximum atomic E-state index is 10.1. The van der Waals surface area contributed by atoms with Crippen LogP contribution in [0.25, 0.3) is 0 Å². The highest BCUT2D eigenvalue weighted by molar-refractivity contribution is 7.98. The second-order valence-electron chi connectivity index (χ2n) is 1.81. The molecule has 0 aliphatic rings. The monoisotopic (exact) mass is 213 g/mol. The lowest BCUT2D eigenvalue weighted by atomic mass is 10.2. The molecule has 0 bridgehead atoms. The van der Waals surface area contributed by atoms with Crippen LogP contribution in [0.2, 0.25) is 0 Å². The van der Waals surface area contributed by atoms with Gasteiger partial charge in [-0.25, -0.2) is 4.57 Å². The van der Waals surface area contributed by atoms with Crippen LogP contribution in [-0.4, -0.2) is 34.0 Å². The van der Waals surface area contributed by atoms with Crippen molar-refractivity contribution in [3.63, 3.8) is 0 Å². The third-order valence-corrected chi connectivity index (χ3v) is 1.59. The fraction of sp³-hybridized carbons (Fsp3) is 0.800. The number of carbonyl (C=O) groups is 1. The molecule has 0 amide bonds. The lowest BCUT2D eigenvalue weighted by molar-refractivity contribution is -0.138. The molecular formula is C5H12NO4PS. The third-order valence-electron chi connectivity index (χ3n) is 0.950. The normalized spacial score (nSPS) is 11.6. The van der Waals surface area contributed by atoms with Gasteiger partial charge in [-0.2, -0.15) is 11.8 Å². The Morgan fingerprint density at radius 2 is 2.17 bits per heavy atom. The Bertz CT molecular complexity index is 135. The van der Waals surface area contributed by atoms with E-state index in [2.05, 4.69) is 0 Å². The number of carboxylic acids is 1. The van der Waals surface area contributed by atoms with Gasteiger partial charge in [0, 0.05) is 0 Å². The molecule has 7 heteroatoms. The Morgan fingerprint density at radius 3 is 2.42 bits per heavy atom. The van der Waals surface area contributed by atoms with Gasteiger partial charge in [0.05, 0.1) is 0 Å². The number of hydrogen-bond acceptors (Lipinski definition) is 4. The van der Waals surface area contributed by atoms with Crippen LogP contribution in [0.15, 0.2) is 0 Å². The molecule has 1 atom stereocenters. The lowest BCUT2D eigenvalue weighted by Crippen LogP contribution is -2.30. The average Bonchev–Trinajstić information content (AvgIpc) is 2.01. The molecule has 0 saturated carbocycles. The molecule has 5 nitrogen and oxygen atoms in total. The van der Waals surface area contributed by atoms with Crippen molar-refractivity contribution in [1.82, 2.24) is 0 Å². The van der Waals surface area contributed by atoms with Gasteiger partial charge in [-0.15, -0.1) is 0 Å². The second-order valence-corrected chi connectivity index (χ2v) is 2.96. The Kier molecular flexibility index (Phi) is 13.0. The highest BCUT2D eigenvalue weighted by Gasteiger charge is 2.08. The van der Waals surface area contributed by atoms with E-state index < -0.39 is 20.7 Å². The maximum Gasteiger partial charge on any atom is 0.324 e. The molecule has 0 saturated heterocycles. The first-order chi connectivity index (χ1) is 5.59. The van der Waals surface area contributed by atoms with Crippen molar-refractivity contribution in [3.05, 3.63) is 0 Å². The van der Waals surface area contributed by atoms with Crippen molar-refractivity contribution < 1.29 is 19.4 Å². The molecule has 0 rings (SSSR count). The van der Waals surface area contributed by atoms with Gasteiger partial charge in [-0.1, -0.05) is 0 Å². The predicted octanol–water partition coefficient (Wildman–Crippen LogP) is 0.337. The summed E-state index contributed by atoms with van der Waals surface area (Å²) < 4.78 is 8.46. The minimum Gasteiger partial charge on any atom is -0.480 e. The molecule has 0 heterocycles. The summed E-state index contributed by atoms with van der Waals surface area (Å²) >= 11 is 1.60. The zero-order chi connectivity index (χ0) is 9.98. The topological polar surface area (TPSA) is 101 Å². The van der Waals surface area contributed by atoms with E-state index in [4.69, 9.17) is 20.3 Å². The Labute approximate surface area is 76.6 Å². The highest BCUT2D eigenvalue weighted by atomic mass is 32.2. The van der Waals surface area contributed by atoms with Gasteiger partial charge in [-0.3, -0.25) is 4.79 Å². The number of thioether (sulfide) groups is 1. The van der Waals surface area contributed by atoms with E-state index in [1.807, 2.05) is 6.26 Å². The van der Waals surface area contributed by atoms with Gasteiger partial charge in [0.1, 0.15) is 6.04 Å². The molecule has 12 heavy (non-hydrogen) atoms. The molecule has 0 aromatic rings. The molecule has 0 spiro atoms. The van der Waals surface area contributed by atoms with Crippen LogP contribution in [-0.2, 0) is 9.36 Å². The lowest BCUT2D eigenvalue weighted by Gasteiger charge is -2.02. The SMILES string of the molecule is CSCCC(N)C(=O)O.O=PO. The van der Waals surface area contributed by atoms with Gasteiger partial charge in [0.15, 0.2) is 0 Å². The molecule has 0 aliphatic heterocycles. The van der Waals surface area contributed by atoms with Gasteiger partial charge >= 0.3 is 14.7 Å². The highest BCUT2D eigenvalue weighted by Crippen LogP contribution is 1.97. The summed E-state index contributed by atoms with van der Waals surface area (Å²) in [6.45, 7) is 0. The molecule has 0 aromatic carbocycles. The molecule has 0 fully saturated rings. The number of nitrogens with two attached hydrogens (primary N) is 1. The number of hydrogen-bond donors (Lipinski definition) is 3. The smallest absolute Gasteiger partial charge is 0.324 e. The van der Waals surface area contributed by atoms with E-state index in [1.165, 1.54) is 0 Å². The zero-order valence-corrected chi connectivity index (χ0v) is 8.35. The number of aliphatic carboxylic acids is 1. The average molecular weight is 213 g/mol. The van der Waals surface area contributed by atoms with E-state index in [0.717, 1.165) is 5.75 Å². The predicted molar refractivity (Wildman–Crippen MR) is 48.4 cm³/mol. The summed E-state index contributed by atoms with van der Waals surface area (Å²) in [4.78, 5) is 17.1. The molecule has 0 aliphatic carbocycles. The van der Waals surface area contributed by atoms with Crippen molar-refractivity contribution in [2.75, 3.05) is 12.0 Å². The Morgan fingerprint density at radius 1 is 1.75 bits per heavy atom. The largest absolute Gasteiger partial charge is 0.480 e. The second kappa shape index (κ2) is 10.8. The fourth-order valence-corrected chi connectivity index (χ4v) is 0.858. The van der Waals surface area contributed by atoms with Crippen molar-refractivity contribution >= 4 is 26.4 Å². The fourth-order valence-electron chi connectivity index (χ4n) is 0.368. The summed E-state index contributed by atoms with van der Waals surface area (Å²) in [5.41, 5.74) is 5.19. The van der Waals surface area contributed by atoms with Crippen LogP contribution in [0, 0.1) is 0 Å². The van der Waals surface area contributed by atoms with E-state index in [-0.39, 0.29) is 0 Å². The number of rotatable bonds is 4. The van der Waals surface area contributed by atoms with E-state index in [9.17, 15) is 4.79 Å². The first-order valence-corrected chi connectivity index (χ1v) is 5.20. The summed E-state index contributed by atoms with van der Waals surface area (Å²) in [6, 6.07) is -0.683. The number of carboxylic acid groups (broad SMARTS) is 1. The first kappa shape index (κ1) is 14.4. The van der Waals surface area contributed by atoms with Crippen LogP contribution in [0.4, 0.5) is 0 Å². The maximum absolute atomic E-state index is 10.1. The standard InChI is InChI=1S/C5H11NO2S.HO2P/c1-9-3-2-4(6)5(7)8;1-3-2/h4H,2-3,6H2,1H3,(H,7,8);(H,1,2). The molecule has 0 radical (unpaired) electrons. The first-order valence-electron chi connectivity index (χ1n) is 3.04. The van der Waals surface area contributed by atoms with Gasteiger partial charge in [0.25, 0.3) is 0 Å². The quantitative estimate of drug-likeness (QED) is 0.582. The van der Waals surface area contributed by atoms with E-state index in [0.29, 0.717) is 6.42 Å². The van der Waals surface area contributed by atoms with Crippen LogP contribution >= 0.6 is 20.4 Å². The van der Waals surface area contributed by atoms with Crippen molar-refractivity contribution in [1.29, 1.82) is 0 Å². The molecule has 72 valence electrons. The van der Waals surface area contributed by atoms with Crippen LogP contribution in [0.3, 0.4) is 0 Å². The van der Waals surface area contributed by atoms with Crippen LogP contribution in [0.1, 0.15) is 6.42 Å². The third kappa shape index (κ3) is 12.5. The van der Waals surface area contributed by atoms with Crippen molar-refractivity contribution in [3.8, 4) is 0 Å². The summed E-state index contributed by atoms with van der Waals surface area (Å²) in [5.74, 6) is -0.1000. The minimum absolute atomic E-state index is 0.552. The van der Waals surface area contributed by atoms with Crippen LogP contribution in [0.5, 0.6) is 0 Å². The summed E-state index contributed by atoms with van der Waals surface area (Å²) in [6.07, 6.45) is 2.48. The van der Waals surface area contributed by atoms with Gasteiger partial charge < -0.3 is 15.7 Å². The molecular weight excluding hydrogens is 201 g/mol. The Balaban J connectivity index is 0. The molecule has 4 N–H and O–H groups in total. The van der Waals surface area contributed by atoms with E-state index >= 15 is 0 Å². The van der Waals surface area contributed by atoms with Crippen molar-refractivity contribution in [2.24, 2.45) is 5.73 Å². The van der Waals surface area contributed by atoms with Crippen LogP contribution < -0.4 is 5.73 Å². The molecule has 1 unspecified atom stereocenters. The minimum atomic E-state index is -0.913. The zero-order valence-electron chi connectivity index (χ0n) is 6.64. The summed E-state index contributed by atoms with van der Waals surface area (Å²) in [7, 11) is -0.833. The van der Waals surface area contributed by atoms with Gasteiger partial charge in [-0.05, 0) is 18.4 Å². The van der Waals surface area contributed by atoms with E-state index in [1.54, 1.807) is 11.8 Å². The Hall–Kier alpha value is -0.160. The molecule has 0 aromatic heterocycles.